The fourth-order valence-corrected chi connectivity index (χ4v) is 2.51. The first-order chi connectivity index (χ1) is 8.02. The topological polar surface area (TPSA) is 12.9 Å². The number of rotatable bonds is 2. The molecule has 0 N–H and O–H groups in total. The van der Waals surface area contributed by atoms with Gasteiger partial charge in [-0.15, -0.1) is 0 Å². The van der Waals surface area contributed by atoms with Crippen molar-refractivity contribution in [2.24, 2.45) is 0 Å². The Hall–Kier alpha value is -0.730. The van der Waals surface area contributed by atoms with Gasteiger partial charge in [-0.1, -0.05) is 25.4 Å². The van der Waals surface area contributed by atoms with Crippen molar-refractivity contribution in [3.8, 4) is 0 Å². The van der Waals surface area contributed by atoms with Gasteiger partial charge in [-0.3, -0.25) is 4.98 Å². The summed E-state index contributed by atoms with van der Waals surface area (Å²) in [7, 11) is 0. The zero-order valence-electron chi connectivity index (χ0n) is 10.3. The molecule has 2 aromatic rings. The molecule has 17 heavy (non-hydrogen) atoms. The van der Waals surface area contributed by atoms with Crippen molar-refractivity contribution < 1.29 is 0 Å². The van der Waals surface area contributed by atoms with Crippen LogP contribution < -0.4 is 0 Å². The molecule has 1 aromatic carbocycles. The van der Waals surface area contributed by atoms with Gasteiger partial charge in [0.25, 0.3) is 0 Å². The molecule has 2 rings (SSSR count). The van der Waals surface area contributed by atoms with E-state index in [1.165, 1.54) is 5.56 Å². The molecule has 0 aliphatic heterocycles. The van der Waals surface area contributed by atoms with Gasteiger partial charge >= 0.3 is 0 Å². The fraction of sp³-hybridized carbons (Fsp3) is 0.357. The van der Waals surface area contributed by atoms with Crippen LogP contribution in [0, 0.1) is 6.92 Å². The number of hydrogen-bond donors (Lipinski definition) is 1. The van der Waals surface area contributed by atoms with E-state index < -0.39 is 0 Å². The van der Waals surface area contributed by atoms with Gasteiger partial charge in [0.2, 0.25) is 0 Å². The van der Waals surface area contributed by atoms with E-state index in [4.69, 9.17) is 16.6 Å². The molecular formula is C14H16ClNS. The number of fused-ring (bicyclic) bond motifs is 1. The fourth-order valence-electron chi connectivity index (χ4n) is 1.97. The summed E-state index contributed by atoms with van der Waals surface area (Å²) in [5.41, 5.74) is 4.49. The molecule has 1 heterocycles. The summed E-state index contributed by atoms with van der Waals surface area (Å²) in [6.45, 7) is 6.36. The van der Waals surface area contributed by atoms with Crippen LogP contribution in [0.25, 0.3) is 10.9 Å². The normalized spacial score (nSPS) is 11.4. The predicted octanol–water partition coefficient (Wildman–Crippen LogP) is 4.75. The van der Waals surface area contributed by atoms with E-state index in [9.17, 15) is 0 Å². The molecule has 0 amide bonds. The summed E-state index contributed by atoms with van der Waals surface area (Å²) in [6.07, 6.45) is 0. The van der Waals surface area contributed by atoms with Crippen molar-refractivity contribution in [1.82, 2.24) is 4.98 Å². The number of nitrogens with zero attached hydrogens (tertiary/aromatic N) is 1. The summed E-state index contributed by atoms with van der Waals surface area (Å²) in [4.78, 5) is 4.73. The predicted molar refractivity (Wildman–Crippen MR) is 78.3 cm³/mol. The summed E-state index contributed by atoms with van der Waals surface area (Å²) in [5, 5.41) is 1.88. The van der Waals surface area contributed by atoms with Crippen LogP contribution in [0.5, 0.6) is 0 Å². The SMILES string of the molecule is Cc1cc(Cl)cc2c(CS)cc(C(C)C)nc12. The van der Waals surface area contributed by atoms with Gasteiger partial charge in [-0.2, -0.15) is 12.6 Å². The second kappa shape index (κ2) is 4.87. The molecule has 0 saturated carbocycles. The van der Waals surface area contributed by atoms with Crippen LogP contribution in [0.3, 0.4) is 0 Å². The highest BCUT2D eigenvalue weighted by Gasteiger charge is 2.10. The van der Waals surface area contributed by atoms with E-state index in [1.807, 2.05) is 19.1 Å². The summed E-state index contributed by atoms with van der Waals surface area (Å²) in [5.74, 6) is 1.13. The largest absolute Gasteiger partial charge is 0.252 e. The van der Waals surface area contributed by atoms with Crippen molar-refractivity contribution in [3.63, 3.8) is 0 Å². The lowest BCUT2D eigenvalue weighted by molar-refractivity contribution is 0.827. The number of hydrogen-bond acceptors (Lipinski definition) is 2. The molecular weight excluding hydrogens is 250 g/mol. The molecule has 1 aromatic heterocycles. The van der Waals surface area contributed by atoms with Gasteiger partial charge in [-0.25, -0.2) is 0 Å². The van der Waals surface area contributed by atoms with Crippen molar-refractivity contribution in [2.45, 2.75) is 32.4 Å². The molecule has 0 aliphatic carbocycles. The summed E-state index contributed by atoms with van der Waals surface area (Å²) >= 11 is 10.5. The Balaban J connectivity index is 2.82. The Morgan fingerprint density at radius 1 is 1.29 bits per heavy atom. The third-order valence-electron chi connectivity index (χ3n) is 2.94. The third-order valence-corrected chi connectivity index (χ3v) is 3.50. The van der Waals surface area contributed by atoms with Gasteiger partial charge in [0.1, 0.15) is 0 Å². The molecule has 0 fully saturated rings. The van der Waals surface area contributed by atoms with E-state index in [0.29, 0.717) is 11.7 Å². The minimum absolute atomic E-state index is 0.424. The van der Waals surface area contributed by atoms with Crippen LogP contribution in [0.1, 0.15) is 36.6 Å². The molecule has 0 bridgehead atoms. The van der Waals surface area contributed by atoms with Gasteiger partial charge < -0.3 is 0 Å². The van der Waals surface area contributed by atoms with Crippen LogP contribution in [0.15, 0.2) is 18.2 Å². The van der Waals surface area contributed by atoms with Gasteiger partial charge in [-0.05, 0) is 42.2 Å². The first-order valence-electron chi connectivity index (χ1n) is 5.73. The van der Waals surface area contributed by atoms with Gasteiger partial charge in [0, 0.05) is 21.9 Å². The molecule has 0 unspecified atom stereocenters. The summed E-state index contributed by atoms with van der Waals surface area (Å²) < 4.78 is 0. The van der Waals surface area contributed by atoms with Crippen molar-refractivity contribution in [3.05, 3.63) is 40.0 Å². The van der Waals surface area contributed by atoms with Crippen molar-refractivity contribution in [2.75, 3.05) is 0 Å². The standard InChI is InChI=1S/C14H16ClNS/c1-8(2)13-5-10(7-17)12-6-11(15)4-9(3)14(12)16-13/h4-6,8,17H,7H2,1-3H3. The number of aromatic nitrogens is 1. The zero-order chi connectivity index (χ0) is 12.6. The maximum Gasteiger partial charge on any atom is 0.0738 e. The van der Waals surface area contributed by atoms with E-state index in [2.05, 4.69) is 32.5 Å². The van der Waals surface area contributed by atoms with E-state index >= 15 is 0 Å². The molecule has 0 atom stereocenters. The number of thiol groups is 1. The molecule has 0 aliphatic rings. The second-order valence-electron chi connectivity index (χ2n) is 4.64. The monoisotopic (exact) mass is 265 g/mol. The molecule has 1 nitrogen and oxygen atoms in total. The lowest BCUT2D eigenvalue weighted by atomic mass is 10.0. The number of halogens is 1. The average Bonchev–Trinajstić information content (AvgIpc) is 2.27. The minimum atomic E-state index is 0.424. The molecule has 0 spiro atoms. The molecule has 0 radical (unpaired) electrons. The summed E-state index contributed by atoms with van der Waals surface area (Å²) in [6, 6.07) is 6.08. The second-order valence-corrected chi connectivity index (χ2v) is 5.39. The molecule has 0 saturated heterocycles. The molecule has 90 valence electrons. The van der Waals surface area contributed by atoms with Crippen LogP contribution in [0.2, 0.25) is 5.02 Å². The lowest BCUT2D eigenvalue weighted by Gasteiger charge is -2.12. The Labute approximate surface area is 113 Å². The highest BCUT2D eigenvalue weighted by atomic mass is 35.5. The van der Waals surface area contributed by atoms with E-state index in [1.54, 1.807) is 0 Å². The quantitative estimate of drug-likeness (QED) is 0.773. The number of aryl methyl sites for hydroxylation is 1. The maximum atomic E-state index is 6.10. The van der Waals surface area contributed by atoms with Crippen molar-refractivity contribution in [1.29, 1.82) is 0 Å². The number of pyridine rings is 1. The zero-order valence-corrected chi connectivity index (χ0v) is 11.9. The van der Waals surface area contributed by atoms with Crippen LogP contribution in [-0.4, -0.2) is 4.98 Å². The lowest BCUT2D eigenvalue weighted by Crippen LogP contribution is -1.98. The van der Waals surface area contributed by atoms with E-state index in [0.717, 1.165) is 27.2 Å². The first kappa shape index (κ1) is 12.7. The third kappa shape index (κ3) is 2.43. The van der Waals surface area contributed by atoms with Crippen LogP contribution in [-0.2, 0) is 5.75 Å². The average molecular weight is 266 g/mol. The highest BCUT2D eigenvalue weighted by molar-refractivity contribution is 7.79. The Bertz CT molecular complexity index is 564. The van der Waals surface area contributed by atoms with E-state index in [-0.39, 0.29) is 0 Å². The first-order valence-corrected chi connectivity index (χ1v) is 6.74. The Kier molecular flexibility index (Phi) is 3.64. The maximum absolute atomic E-state index is 6.10. The van der Waals surface area contributed by atoms with Crippen LogP contribution >= 0.6 is 24.2 Å². The van der Waals surface area contributed by atoms with Crippen molar-refractivity contribution >= 4 is 35.1 Å². The Morgan fingerprint density at radius 2 is 2.00 bits per heavy atom. The smallest absolute Gasteiger partial charge is 0.0738 e. The van der Waals surface area contributed by atoms with Gasteiger partial charge in [0.15, 0.2) is 0 Å². The Morgan fingerprint density at radius 3 is 2.59 bits per heavy atom. The van der Waals surface area contributed by atoms with Crippen LogP contribution in [0.4, 0.5) is 0 Å². The molecule has 3 heteroatoms. The minimum Gasteiger partial charge on any atom is -0.252 e. The number of benzene rings is 1. The van der Waals surface area contributed by atoms with Gasteiger partial charge in [0.05, 0.1) is 5.52 Å². The highest BCUT2D eigenvalue weighted by Crippen LogP contribution is 2.28.